The van der Waals surface area contributed by atoms with Crippen molar-refractivity contribution in [3.63, 3.8) is 0 Å². The Hall–Kier alpha value is -1.99. The molecule has 5 nitrogen and oxygen atoms in total. The first-order valence-corrected chi connectivity index (χ1v) is 8.37. The van der Waals surface area contributed by atoms with E-state index < -0.39 is 10.0 Å². The third kappa shape index (κ3) is 2.88. The van der Waals surface area contributed by atoms with Crippen molar-refractivity contribution >= 4 is 43.0 Å². The quantitative estimate of drug-likeness (QED) is 0.777. The van der Waals surface area contributed by atoms with Crippen LogP contribution in [0.3, 0.4) is 0 Å². The molecule has 3 N–H and O–H groups in total. The molecule has 2 aromatic carbocycles. The minimum Gasteiger partial charge on any atom is -0.341 e. The molecule has 0 aliphatic carbocycles. The van der Waals surface area contributed by atoms with E-state index >= 15 is 0 Å². The standard InChI is InChI=1S/C14H12BrN3O2S/c1-9-16-13-7-4-11(8-14(13)17-9)18-21(19,20)12-5-2-10(15)3-6-12/h2-8,16-18H,1H2. The highest BCUT2D eigenvalue weighted by molar-refractivity contribution is 9.10. The highest BCUT2D eigenvalue weighted by Crippen LogP contribution is 2.33. The smallest absolute Gasteiger partial charge is 0.261 e. The molecule has 0 radical (unpaired) electrons. The zero-order chi connectivity index (χ0) is 15.0. The van der Waals surface area contributed by atoms with E-state index in [0.29, 0.717) is 11.5 Å². The molecule has 0 saturated carbocycles. The van der Waals surface area contributed by atoms with Crippen LogP contribution >= 0.6 is 15.9 Å². The predicted octanol–water partition coefficient (Wildman–Crippen LogP) is 3.56. The van der Waals surface area contributed by atoms with Crippen LogP contribution in [0, 0.1) is 0 Å². The minimum atomic E-state index is -3.60. The van der Waals surface area contributed by atoms with Crippen LogP contribution < -0.4 is 15.4 Å². The van der Waals surface area contributed by atoms with Gasteiger partial charge in [-0.25, -0.2) is 8.42 Å². The van der Waals surface area contributed by atoms with Crippen LogP contribution in [0.25, 0.3) is 0 Å². The van der Waals surface area contributed by atoms with Gasteiger partial charge in [0.05, 0.1) is 22.0 Å². The van der Waals surface area contributed by atoms with Crippen LogP contribution in [0.1, 0.15) is 0 Å². The second-order valence-corrected chi connectivity index (χ2v) is 7.15. The number of anilines is 3. The first kappa shape index (κ1) is 14.0. The SMILES string of the molecule is C=C1Nc2ccc(NS(=O)(=O)c3ccc(Br)cc3)cc2N1. The molecule has 0 atom stereocenters. The van der Waals surface area contributed by atoms with Crippen LogP contribution in [0.4, 0.5) is 17.1 Å². The van der Waals surface area contributed by atoms with Gasteiger partial charge in [-0.15, -0.1) is 0 Å². The Kier molecular flexibility index (Phi) is 3.38. The van der Waals surface area contributed by atoms with E-state index in [1.165, 1.54) is 0 Å². The number of benzene rings is 2. The molecule has 0 bridgehead atoms. The van der Waals surface area contributed by atoms with E-state index in [1.54, 1.807) is 42.5 Å². The lowest BCUT2D eigenvalue weighted by Crippen LogP contribution is -2.12. The van der Waals surface area contributed by atoms with Crippen molar-refractivity contribution in [1.29, 1.82) is 0 Å². The minimum absolute atomic E-state index is 0.210. The Morgan fingerprint density at radius 3 is 2.38 bits per heavy atom. The third-order valence-electron chi connectivity index (χ3n) is 2.97. The molecule has 1 heterocycles. The first-order chi connectivity index (χ1) is 9.94. The van der Waals surface area contributed by atoms with E-state index in [1.807, 2.05) is 0 Å². The lowest BCUT2D eigenvalue weighted by molar-refractivity contribution is 0.601. The summed E-state index contributed by atoms with van der Waals surface area (Å²) < 4.78 is 28.0. The van der Waals surface area contributed by atoms with Gasteiger partial charge in [-0.2, -0.15) is 0 Å². The zero-order valence-corrected chi connectivity index (χ0v) is 13.3. The number of fused-ring (bicyclic) bond motifs is 1. The molecule has 21 heavy (non-hydrogen) atoms. The largest absolute Gasteiger partial charge is 0.341 e. The third-order valence-corrected chi connectivity index (χ3v) is 4.89. The Morgan fingerprint density at radius 2 is 1.67 bits per heavy atom. The molecular weight excluding hydrogens is 354 g/mol. The van der Waals surface area contributed by atoms with Crippen molar-refractivity contribution in [3.05, 3.63) is 59.3 Å². The van der Waals surface area contributed by atoms with Crippen LogP contribution in [0.2, 0.25) is 0 Å². The Bertz CT molecular complexity index is 817. The van der Waals surface area contributed by atoms with Crippen LogP contribution in [0.15, 0.2) is 64.2 Å². The maximum Gasteiger partial charge on any atom is 0.261 e. The van der Waals surface area contributed by atoms with E-state index in [2.05, 4.69) is 37.9 Å². The highest BCUT2D eigenvalue weighted by Gasteiger charge is 2.17. The molecule has 1 aliphatic rings. The molecule has 2 aromatic rings. The van der Waals surface area contributed by atoms with Gasteiger partial charge in [-0.3, -0.25) is 4.72 Å². The van der Waals surface area contributed by atoms with Gasteiger partial charge in [-0.1, -0.05) is 22.5 Å². The molecule has 0 spiro atoms. The summed E-state index contributed by atoms with van der Waals surface area (Å²) in [7, 11) is -3.60. The summed E-state index contributed by atoms with van der Waals surface area (Å²) in [5, 5.41) is 6.06. The lowest BCUT2D eigenvalue weighted by Gasteiger charge is -2.09. The molecule has 3 rings (SSSR count). The van der Waals surface area contributed by atoms with E-state index in [9.17, 15) is 8.42 Å². The van der Waals surface area contributed by atoms with Gasteiger partial charge in [0.25, 0.3) is 10.0 Å². The van der Waals surface area contributed by atoms with Crippen LogP contribution in [-0.2, 0) is 10.0 Å². The maximum atomic E-state index is 12.3. The van der Waals surface area contributed by atoms with Gasteiger partial charge in [0, 0.05) is 4.47 Å². The Balaban J connectivity index is 1.88. The summed E-state index contributed by atoms with van der Waals surface area (Å²) in [6, 6.07) is 11.7. The summed E-state index contributed by atoms with van der Waals surface area (Å²) in [5.41, 5.74) is 2.14. The number of sulfonamides is 1. The van der Waals surface area contributed by atoms with Crippen LogP contribution in [0.5, 0.6) is 0 Å². The van der Waals surface area contributed by atoms with Crippen molar-refractivity contribution in [3.8, 4) is 0 Å². The molecule has 0 amide bonds. The molecule has 7 heteroatoms. The second-order valence-electron chi connectivity index (χ2n) is 4.55. The molecule has 0 fully saturated rings. The highest BCUT2D eigenvalue weighted by atomic mass is 79.9. The summed E-state index contributed by atoms with van der Waals surface area (Å²) in [4.78, 5) is 0.210. The molecule has 108 valence electrons. The van der Waals surface area contributed by atoms with Crippen molar-refractivity contribution in [2.75, 3.05) is 15.4 Å². The van der Waals surface area contributed by atoms with Gasteiger partial charge >= 0.3 is 0 Å². The fraction of sp³-hybridized carbons (Fsp3) is 0. The Labute approximate surface area is 131 Å². The van der Waals surface area contributed by atoms with E-state index in [0.717, 1.165) is 15.8 Å². The summed E-state index contributed by atoms with van der Waals surface area (Å²) in [5.74, 6) is 0.665. The topological polar surface area (TPSA) is 70.2 Å². The monoisotopic (exact) mass is 365 g/mol. The number of halogens is 1. The average Bonchev–Trinajstić information content (AvgIpc) is 2.78. The van der Waals surface area contributed by atoms with E-state index in [-0.39, 0.29) is 4.90 Å². The summed E-state index contributed by atoms with van der Waals surface area (Å²) in [6.45, 7) is 3.76. The molecule has 0 unspecified atom stereocenters. The van der Waals surface area contributed by atoms with Crippen LogP contribution in [-0.4, -0.2) is 8.42 Å². The maximum absolute atomic E-state index is 12.3. The zero-order valence-electron chi connectivity index (χ0n) is 10.9. The Morgan fingerprint density at radius 1 is 1.00 bits per heavy atom. The first-order valence-electron chi connectivity index (χ1n) is 6.09. The van der Waals surface area contributed by atoms with Crippen molar-refractivity contribution in [1.82, 2.24) is 0 Å². The number of rotatable bonds is 3. The van der Waals surface area contributed by atoms with Gasteiger partial charge in [0.2, 0.25) is 0 Å². The summed E-state index contributed by atoms with van der Waals surface area (Å²) in [6.07, 6.45) is 0. The molecular formula is C14H12BrN3O2S. The predicted molar refractivity (Wildman–Crippen MR) is 87.8 cm³/mol. The number of hydrogen-bond donors (Lipinski definition) is 3. The van der Waals surface area contributed by atoms with Crippen molar-refractivity contribution < 1.29 is 8.42 Å². The van der Waals surface area contributed by atoms with Gasteiger partial charge < -0.3 is 10.6 Å². The van der Waals surface area contributed by atoms with Crippen molar-refractivity contribution in [2.24, 2.45) is 0 Å². The van der Waals surface area contributed by atoms with Crippen molar-refractivity contribution in [2.45, 2.75) is 4.90 Å². The van der Waals surface area contributed by atoms with Gasteiger partial charge in [0.1, 0.15) is 5.82 Å². The number of hydrogen-bond acceptors (Lipinski definition) is 4. The molecule has 0 saturated heterocycles. The molecule has 0 aromatic heterocycles. The fourth-order valence-corrected chi connectivity index (χ4v) is 3.32. The van der Waals surface area contributed by atoms with Gasteiger partial charge in [-0.05, 0) is 42.5 Å². The summed E-state index contributed by atoms with van der Waals surface area (Å²) >= 11 is 3.28. The lowest BCUT2D eigenvalue weighted by atomic mass is 10.2. The average molecular weight is 366 g/mol. The fourth-order valence-electron chi connectivity index (χ4n) is 2.00. The number of nitrogens with one attached hydrogen (secondary N) is 3. The molecule has 1 aliphatic heterocycles. The van der Waals surface area contributed by atoms with Gasteiger partial charge in [0.15, 0.2) is 0 Å². The second kappa shape index (κ2) is 5.09. The normalized spacial score (nSPS) is 13.3. The van der Waals surface area contributed by atoms with E-state index in [4.69, 9.17) is 0 Å².